The summed E-state index contributed by atoms with van der Waals surface area (Å²) in [6, 6.07) is 58.6. The number of rotatable bonds is 0. The highest BCUT2D eigenvalue weighted by molar-refractivity contribution is 6.27. The van der Waals surface area contributed by atoms with E-state index in [2.05, 4.69) is 168 Å². The Kier molecular flexibility index (Phi) is 4.55. The Morgan fingerprint density at radius 3 is 1.40 bits per heavy atom. The van der Waals surface area contributed by atoms with Crippen molar-refractivity contribution in [3.8, 4) is 0 Å². The van der Waals surface area contributed by atoms with Crippen molar-refractivity contribution in [2.75, 3.05) is 0 Å². The highest BCUT2D eigenvalue weighted by Crippen LogP contribution is 2.80. The predicted molar refractivity (Wildman–Crippen MR) is 246 cm³/mol. The third-order valence-electron chi connectivity index (χ3n) is 18.5. The number of hydrogen-bond acceptors (Lipinski definition) is 2. The summed E-state index contributed by atoms with van der Waals surface area (Å²) in [6.07, 6.45) is 4.53. The molecular weight excluding hydrogens is 763 g/mol. The highest BCUT2D eigenvalue weighted by atomic mass is 15.0. The van der Waals surface area contributed by atoms with Crippen LogP contribution >= 0.6 is 0 Å². The molecule has 9 aliphatic rings. The Bertz CT molecular complexity index is 4070. The lowest BCUT2D eigenvalue weighted by molar-refractivity contribution is 0.331. The zero-order valence-corrected chi connectivity index (χ0v) is 33.9. The fourth-order valence-corrected chi connectivity index (χ4v) is 16.9. The van der Waals surface area contributed by atoms with Crippen molar-refractivity contribution in [1.82, 2.24) is 14.4 Å². The van der Waals surface area contributed by atoms with Crippen LogP contribution in [-0.2, 0) is 10.8 Å². The molecule has 6 unspecified atom stereocenters. The van der Waals surface area contributed by atoms with Crippen LogP contribution in [0.4, 0.5) is 0 Å². The summed E-state index contributed by atoms with van der Waals surface area (Å²) < 4.78 is 2.64. The number of hydrogen-bond donors (Lipinski definition) is 0. The summed E-state index contributed by atoms with van der Waals surface area (Å²) in [5.74, 6) is 1.37. The van der Waals surface area contributed by atoms with Gasteiger partial charge in [0, 0.05) is 62.0 Å². The van der Waals surface area contributed by atoms with Gasteiger partial charge in [0.05, 0.1) is 46.2 Å². The van der Waals surface area contributed by atoms with Crippen LogP contribution in [0.5, 0.6) is 0 Å². The molecule has 3 nitrogen and oxygen atoms in total. The molecule has 4 aromatic heterocycles. The molecule has 2 spiro atoms. The maximum Gasteiger partial charge on any atom is 0.0729 e. The number of benzene rings is 7. The first kappa shape index (κ1) is 30.6. The van der Waals surface area contributed by atoms with E-state index in [0.29, 0.717) is 11.8 Å². The van der Waals surface area contributed by atoms with Gasteiger partial charge < -0.3 is 4.40 Å². The number of nitrogens with zero attached hydrogens (tertiary/aromatic N) is 3. The Morgan fingerprint density at radius 2 is 0.810 bits per heavy atom. The zero-order valence-electron chi connectivity index (χ0n) is 33.9. The van der Waals surface area contributed by atoms with Crippen LogP contribution in [0.2, 0.25) is 0 Å². The molecule has 4 heterocycles. The molecule has 0 saturated heterocycles. The molecule has 11 aromatic rings. The molecule has 0 saturated carbocycles. The van der Waals surface area contributed by atoms with Crippen molar-refractivity contribution in [3.63, 3.8) is 0 Å². The summed E-state index contributed by atoms with van der Waals surface area (Å²) in [5.41, 5.74) is 30.0. The van der Waals surface area contributed by atoms with Crippen molar-refractivity contribution in [1.29, 1.82) is 0 Å². The van der Waals surface area contributed by atoms with Gasteiger partial charge in [-0.15, -0.1) is 0 Å². The predicted octanol–water partition coefficient (Wildman–Crippen LogP) is 12.4. The van der Waals surface area contributed by atoms with E-state index in [1.54, 1.807) is 5.56 Å². The molecule has 0 fully saturated rings. The largest absolute Gasteiger partial charge is 0.305 e. The Labute approximate surface area is 361 Å². The number of pyridine rings is 2. The fourth-order valence-electron chi connectivity index (χ4n) is 16.9. The molecule has 2 bridgehead atoms. The van der Waals surface area contributed by atoms with Crippen molar-refractivity contribution in [3.05, 3.63) is 264 Å². The van der Waals surface area contributed by atoms with Gasteiger partial charge in [-0.1, -0.05) is 146 Å². The Hall–Kier alpha value is -7.36. The summed E-state index contributed by atoms with van der Waals surface area (Å²) in [7, 11) is 0. The molecule has 9 aliphatic carbocycles. The average Bonchev–Trinajstić information content (AvgIpc) is 3.97. The van der Waals surface area contributed by atoms with Gasteiger partial charge in [0.25, 0.3) is 0 Å². The standard InChI is InChI=1S/C60H33N3/c1-3-15-30-28(13-1)44-29-14-2-4-16-31(29)45(30)56-49(44)48-43(27-61-56)63-42-26-62-57-51(54-34-19-7-11-23-40(34)60(54)41-24-12-8-20-35(41)55(57)60)46(42)37-25-36-47(50(48)58(37)63)53-33-18-6-10-22-39(33)59(53)38-21-9-5-17-32(38)52(36)59/h1-27,44-45,52-55H. The highest BCUT2D eigenvalue weighted by Gasteiger charge is 2.72. The second kappa shape index (κ2) is 9.35. The molecule has 0 amide bonds. The second-order valence-corrected chi connectivity index (χ2v) is 20.1. The lowest BCUT2D eigenvalue weighted by Crippen LogP contribution is -2.52. The van der Waals surface area contributed by atoms with E-state index in [-0.39, 0.29) is 34.5 Å². The molecule has 6 atom stereocenters. The average molecular weight is 796 g/mol. The third kappa shape index (κ3) is 2.70. The van der Waals surface area contributed by atoms with Gasteiger partial charge in [-0.05, 0) is 95.1 Å². The van der Waals surface area contributed by atoms with Crippen molar-refractivity contribution in [2.45, 2.75) is 46.3 Å². The first-order valence-corrected chi connectivity index (χ1v) is 22.9. The second-order valence-electron chi connectivity index (χ2n) is 20.1. The van der Waals surface area contributed by atoms with Crippen LogP contribution in [0.25, 0.3) is 38.1 Å². The van der Waals surface area contributed by atoms with E-state index in [1.807, 2.05) is 0 Å². The van der Waals surface area contributed by atoms with E-state index in [0.717, 1.165) is 0 Å². The van der Waals surface area contributed by atoms with E-state index in [9.17, 15) is 0 Å². The maximum atomic E-state index is 5.65. The van der Waals surface area contributed by atoms with Crippen molar-refractivity contribution < 1.29 is 0 Å². The number of fused-ring (bicyclic) bond motifs is 22. The van der Waals surface area contributed by atoms with E-state index >= 15 is 0 Å². The molecule has 63 heavy (non-hydrogen) atoms. The molecule has 0 aliphatic heterocycles. The van der Waals surface area contributed by atoms with Crippen LogP contribution < -0.4 is 0 Å². The third-order valence-corrected chi connectivity index (χ3v) is 18.5. The van der Waals surface area contributed by atoms with Crippen molar-refractivity contribution >= 4 is 38.1 Å². The minimum Gasteiger partial charge on any atom is -0.305 e. The van der Waals surface area contributed by atoms with E-state index < -0.39 is 0 Å². The van der Waals surface area contributed by atoms with E-state index in [4.69, 9.17) is 9.97 Å². The quantitative estimate of drug-likeness (QED) is 0.153. The molecule has 7 aromatic carbocycles. The normalized spacial score (nSPS) is 27.5. The number of aromatic nitrogens is 3. The molecule has 3 heteroatoms. The SMILES string of the molecule is c1ccc2c(c1)C1c3ccccc3C2c2c1ncc1c2c2c3c(cc4c5c6c(ncc5n1c42)C1c2ccccc2C12c1ccccc1C62)C1c2ccccc2C12c1ccccc1C32. The lowest BCUT2D eigenvalue weighted by Gasteiger charge is -2.58. The van der Waals surface area contributed by atoms with Gasteiger partial charge in [0.2, 0.25) is 0 Å². The molecular formula is C60H33N3. The minimum absolute atomic E-state index is 0.0409. The zero-order chi connectivity index (χ0) is 40.0. The van der Waals surface area contributed by atoms with Crippen LogP contribution in [0.3, 0.4) is 0 Å². The van der Waals surface area contributed by atoms with Crippen LogP contribution in [-0.4, -0.2) is 14.4 Å². The summed E-state index contributed by atoms with van der Waals surface area (Å²) in [4.78, 5) is 11.3. The van der Waals surface area contributed by atoms with Gasteiger partial charge in [0.1, 0.15) is 0 Å². The van der Waals surface area contributed by atoms with Gasteiger partial charge in [-0.3, -0.25) is 9.97 Å². The van der Waals surface area contributed by atoms with Gasteiger partial charge >= 0.3 is 0 Å². The summed E-state index contributed by atoms with van der Waals surface area (Å²) in [5, 5.41) is 5.70. The summed E-state index contributed by atoms with van der Waals surface area (Å²) >= 11 is 0. The first-order chi connectivity index (χ1) is 31.3. The smallest absolute Gasteiger partial charge is 0.0729 e. The molecule has 20 rings (SSSR count). The molecule has 0 radical (unpaired) electrons. The van der Waals surface area contributed by atoms with Crippen LogP contribution in [0.15, 0.2) is 164 Å². The monoisotopic (exact) mass is 795 g/mol. The first-order valence-electron chi connectivity index (χ1n) is 22.9. The van der Waals surface area contributed by atoms with Crippen LogP contribution in [0, 0.1) is 0 Å². The van der Waals surface area contributed by atoms with Gasteiger partial charge in [-0.2, -0.15) is 0 Å². The maximum absolute atomic E-state index is 5.65. The molecule has 288 valence electrons. The minimum atomic E-state index is -0.0504. The van der Waals surface area contributed by atoms with Crippen molar-refractivity contribution in [2.24, 2.45) is 0 Å². The van der Waals surface area contributed by atoms with E-state index in [1.165, 1.54) is 133 Å². The van der Waals surface area contributed by atoms with Gasteiger partial charge in [-0.25, -0.2) is 0 Å². The Balaban J connectivity index is 1.02. The summed E-state index contributed by atoms with van der Waals surface area (Å²) in [6.45, 7) is 0. The lowest BCUT2D eigenvalue weighted by atomic mass is 9.43. The molecule has 0 N–H and O–H groups in total. The topological polar surface area (TPSA) is 30.2 Å². The fraction of sp³-hybridized carbons (Fsp3) is 0.133. The Morgan fingerprint density at radius 1 is 0.365 bits per heavy atom. The van der Waals surface area contributed by atoms with Gasteiger partial charge in [0.15, 0.2) is 0 Å². The van der Waals surface area contributed by atoms with Crippen LogP contribution in [0.1, 0.15) is 136 Å².